The molecule has 8 heteroatoms. The fourth-order valence-electron chi connectivity index (χ4n) is 4.81. The minimum Gasteiger partial charge on any atom is -0.497 e. The van der Waals surface area contributed by atoms with Gasteiger partial charge in [-0.05, 0) is 55.0 Å². The lowest BCUT2D eigenvalue weighted by molar-refractivity contribution is 0.0535. The van der Waals surface area contributed by atoms with Crippen LogP contribution in [-0.4, -0.2) is 38.3 Å². The van der Waals surface area contributed by atoms with E-state index in [1.54, 1.807) is 20.2 Å². The summed E-state index contributed by atoms with van der Waals surface area (Å²) in [4.78, 5) is 24.7. The Morgan fingerprint density at radius 1 is 1.22 bits per heavy atom. The highest BCUT2D eigenvalue weighted by Crippen LogP contribution is 2.42. The van der Waals surface area contributed by atoms with Gasteiger partial charge in [0.2, 0.25) is 0 Å². The van der Waals surface area contributed by atoms with Gasteiger partial charge >= 0.3 is 11.9 Å². The predicted molar refractivity (Wildman–Crippen MR) is 142 cm³/mol. The van der Waals surface area contributed by atoms with Crippen LogP contribution in [0.1, 0.15) is 82.0 Å². The Bertz CT molecular complexity index is 1190. The van der Waals surface area contributed by atoms with Gasteiger partial charge in [0.1, 0.15) is 18.1 Å². The first-order chi connectivity index (χ1) is 17.3. The molecule has 0 amide bonds. The van der Waals surface area contributed by atoms with Crippen LogP contribution in [0, 0.1) is 6.92 Å². The van der Waals surface area contributed by atoms with Crippen LogP contribution in [-0.2, 0) is 17.8 Å². The summed E-state index contributed by atoms with van der Waals surface area (Å²) >= 11 is 6.38. The Labute approximate surface area is 217 Å². The number of allylic oxidation sites excluding steroid dienone is 2. The maximum atomic E-state index is 12.5. The van der Waals surface area contributed by atoms with Gasteiger partial charge in [-0.3, -0.25) is 0 Å². The van der Waals surface area contributed by atoms with Crippen LogP contribution in [0.15, 0.2) is 18.2 Å². The molecule has 0 unspecified atom stereocenters. The number of nitrogens with one attached hydrogen (secondary N) is 1. The Balaban J connectivity index is 2.17. The SMILES string of the molecule is CCCCCC/C(=C\Cc1c(NC)c2c(c(C)c1OC)COC2=O)c1cc(OC)cc(Cl)c1C(=O)O. The van der Waals surface area contributed by atoms with Crippen LogP contribution in [0.5, 0.6) is 11.5 Å². The number of methoxy groups -OCH3 is 2. The van der Waals surface area contributed by atoms with Crippen molar-refractivity contribution in [2.24, 2.45) is 0 Å². The maximum absolute atomic E-state index is 12.5. The second-order valence-electron chi connectivity index (χ2n) is 8.77. The van der Waals surface area contributed by atoms with Crippen LogP contribution in [0.3, 0.4) is 0 Å². The lowest BCUT2D eigenvalue weighted by atomic mass is 9.90. The van der Waals surface area contributed by atoms with Crippen molar-refractivity contribution in [2.75, 3.05) is 26.6 Å². The van der Waals surface area contributed by atoms with Crippen LogP contribution in [0.25, 0.3) is 5.57 Å². The molecule has 36 heavy (non-hydrogen) atoms. The van der Waals surface area contributed by atoms with Gasteiger partial charge in [0, 0.05) is 18.2 Å². The Hall–Kier alpha value is -3.19. The lowest BCUT2D eigenvalue weighted by Gasteiger charge is -2.19. The molecule has 0 aromatic heterocycles. The zero-order chi connectivity index (χ0) is 26.4. The number of carboxylic acids is 1. The van der Waals surface area contributed by atoms with Crippen molar-refractivity contribution in [2.45, 2.75) is 59.0 Å². The molecular formula is C28H34ClNO6. The summed E-state index contributed by atoms with van der Waals surface area (Å²) in [6.07, 6.45) is 7.22. The highest BCUT2D eigenvalue weighted by Gasteiger charge is 2.31. The second-order valence-corrected chi connectivity index (χ2v) is 9.18. The van der Waals surface area contributed by atoms with Crippen LogP contribution >= 0.6 is 11.6 Å². The number of cyclic esters (lactones) is 1. The fourth-order valence-corrected chi connectivity index (χ4v) is 5.10. The molecule has 2 aromatic rings. The van der Waals surface area contributed by atoms with Gasteiger partial charge in [-0.2, -0.15) is 0 Å². The summed E-state index contributed by atoms with van der Waals surface area (Å²) in [7, 11) is 4.89. The third-order valence-corrected chi connectivity index (χ3v) is 6.94. The van der Waals surface area contributed by atoms with E-state index in [0.717, 1.165) is 47.9 Å². The molecule has 0 radical (unpaired) electrons. The van der Waals surface area contributed by atoms with Gasteiger partial charge < -0.3 is 24.6 Å². The van der Waals surface area contributed by atoms with E-state index in [2.05, 4.69) is 12.2 Å². The van der Waals surface area contributed by atoms with E-state index in [0.29, 0.717) is 41.2 Å². The number of anilines is 1. The van der Waals surface area contributed by atoms with Gasteiger partial charge in [-0.1, -0.05) is 43.9 Å². The Morgan fingerprint density at radius 3 is 2.58 bits per heavy atom. The third kappa shape index (κ3) is 5.46. The molecule has 0 bridgehead atoms. The van der Waals surface area contributed by atoms with Crippen molar-refractivity contribution in [3.8, 4) is 11.5 Å². The van der Waals surface area contributed by atoms with Gasteiger partial charge in [-0.25, -0.2) is 9.59 Å². The Morgan fingerprint density at radius 2 is 1.97 bits per heavy atom. The number of unbranched alkanes of at least 4 members (excludes halogenated alkanes) is 3. The molecule has 0 atom stereocenters. The van der Waals surface area contributed by atoms with Crippen LogP contribution in [0.4, 0.5) is 5.69 Å². The third-order valence-electron chi connectivity index (χ3n) is 6.64. The van der Waals surface area contributed by atoms with E-state index in [-0.39, 0.29) is 23.2 Å². The van der Waals surface area contributed by atoms with Crippen LogP contribution < -0.4 is 14.8 Å². The summed E-state index contributed by atoms with van der Waals surface area (Å²) in [5.74, 6) is -0.288. The first-order valence-corrected chi connectivity index (χ1v) is 12.5. The predicted octanol–water partition coefficient (Wildman–Crippen LogP) is 6.67. The Kier molecular flexibility index (Phi) is 9.26. The molecule has 1 aliphatic rings. The van der Waals surface area contributed by atoms with Crippen molar-refractivity contribution in [3.05, 3.63) is 56.6 Å². The molecule has 194 valence electrons. The molecule has 2 N–H and O–H groups in total. The van der Waals surface area contributed by atoms with Gasteiger partial charge in [-0.15, -0.1) is 0 Å². The van der Waals surface area contributed by atoms with Gasteiger partial charge in [0.15, 0.2) is 0 Å². The molecular weight excluding hydrogens is 482 g/mol. The number of hydrogen-bond acceptors (Lipinski definition) is 6. The van der Waals surface area contributed by atoms with Crippen LogP contribution in [0.2, 0.25) is 5.02 Å². The van der Waals surface area contributed by atoms with E-state index in [4.69, 9.17) is 25.8 Å². The molecule has 3 rings (SSSR count). The van der Waals surface area contributed by atoms with Crippen molar-refractivity contribution < 1.29 is 28.9 Å². The van der Waals surface area contributed by atoms with E-state index in [1.165, 1.54) is 13.2 Å². The number of fused-ring (bicyclic) bond motifs is 1. The molecule has 0 fully saturated rings. The summed E-state index contributed by atoms with van der Waals surface area (Å²) < 4.78 is 16.5. The highest BCUT2D eigenvalue weighted by atomic mass is 35.5. The highest BCUT2D eigenvalue weighted by molar-refractivity contribution is 6.34. The number of carbonyl (C=O) groups is 2. The zero-order valence-electron chi connectivity index (χ0n) is 21.5. The van der Waals surface area contributed by atoms with Crippen molar-refractivity contribution in [3.63, 3.8) is 0 Å². The molecule has 1 aliphatic heterocycles. The van der Waals surface area contributed by atoms with E-state index >= 15 is 0 Å². The number of carbonyl (C=O) groups excluding carboxylic acids is 1. The summed E-state index contributed by atoms with van der Waals surface area (Å²) in [5.41, 5.74) is 5.13. The monoisotopic (exact) mass is 515 g/mol. The topological polar surface area (TPSA) is 94.1 Å². The summed E-state index contributed by atoms with van der Waals surface area (Å²) in [5, 5.41) is 13.2. The largest absolute Gasteiger partial charge is 0.497 e. The van der Waals surface area contributed by atoms with E-state index in [1.807, 2.05) is 13.0 Å². The molecule has 1 heterocycles. The van der Waals surface area contributed by atoms with Crippen molar-refractivity contribution in [1.29, 1.82) is 0 Å². The molecule has 0 saturated carbocycles. The van der Waals surface area contributed by atoms with Crippen molar-refractivity contribution in [1.82, 2.24) is 0 Å². The number of rotatable bonds is 12. The number of benzene rings is 2. The quantitative estimate of drug-likeness (QED) is 0.241. The minimum absolute atomic E-state index is 0.0497. The number of ether oxygens (including phenoxy) is 3. The van der Waals surface area contributed by atoms with Gasteiger partial charge in [0.25, 0.3) is 0 Å². The number of hydrogen-bond donors (Lipinski definition) is 2. The summed E-state index contributed by atoms with van der Waals surface area (Å²) in [6, 6.07) is 3.24. The average Bonchev–Trinajstić information content (AvgIpc) is 3.24. The zero-order valence-corrected chi connectivity index (χ0v) is 22.3. The first kappa shape index (κ1) is 27.4. The summed E-state index contributed by atoms with van der Waals surface area (Å²) in [6.45, 7) is 4.28. The molecule has 2 aromatic carbocycles. The minimum atomic E-state index is -1.10. The van der Waals surface area contributed by atoms with E-state index in [9.17, 15) is 14.7 Å². The number of carboxylic acid groups (broad SMARTS) is 1. The second kappa shape index (κ2) is 12.2. The fraction of sp³-hybridized carbons (Fsp3) is 0.429. The molecule has 7 nitrogen and oxygen atoms in total. The molecule has 0 aliphatic carbocycles. The standard InChI is InChI=1S/C28H34ClNO6/c1-6-7-8-9-10-17(20-13-18(34-4)14-22(29)23(20)27(31)32)11-12-19-25(30-3)24-21(15-36-28(24)33)16(2)26(19)35-5/h11,13-14,30H,6-10,12,15H2,1-5H3,(H,31,32)/b17-11+. The normalized spacial score (nSPS) is 12.8. The smallest absolute Gasteiger partial charge is 0.341 e. The average molecular weight is 516 g/mol. The number of halogens is 1. The molecule has 0 saturated heterocycles. The number of esters is 1. The maximum Gasteiger partial charge on any atom is 0.341 e. The lowest BCUT2D eigenvalue weighted by Crippen LogP contribution is -2.09. The molecule has 0 spiro atoms. The number of aromatic carboxylic acids is 1. The first-order valence-electron chi connectivity index (χ1n) is 12.2. The van der Waals surface area contributed by atoms with Crippen molar-refractivity contribution >= 4 is 34.8 Å². The van der Waals surface area contributed by atoms with E-state index < -0.39 is 5.97 Å². The van der Waals surface area contributed by atoms with Gasteiger partial charge in [0.05, 0.1) is 36.1 Å².